The van der Waals surface area contributed by atoms with Crippen molar-refractivity contribution in [2.24, 2.45) is 5.73 Å². The van der Waals surface area contributed by atoms with Gasteiger partial charge in [-0.2, -0.15) is 0 Å². The lowest BCUT2D eigenvalue weighted by atomic mass is 10.3. The van der Waals surface area contributed by atoms with Crippen LogP contribution < -0.4 is 11.3 Å². The third kappa shape index (κ3) is 1.42. The fourth-order valence-corrected chi connectivity index (χ4v) is 1.36. The first-order valence-electron chi connectivity index (χ1n) is 4.38. The van der Waals surface area contributed by atoms with Gasteiger partial charge in [0.2, 0.25) is 0 Å². The van der Waals surface area contributed by atoms with Crippen LogP contribution in [0.2, 0.25) is 0 Å². The minimum absolute atomic E-state index is 0.0509. The van der Waals surface area contributed by atoms with Crippen LogP contribution in [-0.4, -0.2) is 15.8 Å². The topological polar surface area (TPSA) is 74.1 Å². The minimum Gasteiger partial charge on any atom is -0.356 e. The van der Waals surface area contributed by atoms with E-state index in [-0.39, 0.29) is 11.6 Å². The van der Waals surface area contributed by atoms with Crippen molar-refractivity contribution in [3.8, 4) is 0 Å². The van der Waals surface area contributed by atoms with E-state index >= 15 is 0 Å². The van der Waals surface area contributed by atoms with Gasteiger partial charge in [0, 0.05) is 24.8 Å². The molecule has 0 amide bonds. The Labute approximate surface area is 80.1 Å². The standard InChI is InChI=1S/C9H11N3O2/c1-6(10)5-12-3-2-8-7(9(12)13)4-11-14-8/h2-4,6H,5,10H2,1H3. The van der Waals surface area contributed by atoms with Gasteiger partial charge in [-0.25, -0.2) is 0 Å². The Morgan fingerprint density at radius 1 is 1.71 bits per heavy atom. The number of nitrogens with zero attached hydrogens (tertiary/aromatic N) is 2. The van der Waals surface area contributed by atoms with E-state index in [4.69, 9.17) is 10.3 Å². The molecule has 0 fully saturated rings. The molecule has 0 saturated heterocycles. The Bertz CT molecular complexity index is 498. The highest BCUT2D eigenvalue weighted by Gasteiger charge is 2.06. The number of hydrogen-bond donors (Lipinski definition) is 1. The summed E-state index contributed by atoms with van der Waals surface area (Å²) < 4.78 is 6.42. The van der Waals surface area contributed by atoms with E-state index in [2.05, 4.69) is 5.16 Å². The first-order chi connectivity index (χ1) is 6.68. The maximum atomic E-state index is 11.7. The highest BCUT2D eigenvalue weighted by Crippen LogP contribution is 2.06. The molecule has 5 nitrogen and oxygen atoms in total. The summed E-state index contributed by atoms with van der Waals surface area (Å²) in [5.41, 5.74) is 6.01. The predicted molar refractivity (Wildman–Crippen MR) is 51.9 cm³/mol. The summed E-state index contributed by atoms with van der Waals surface area (Å²) in [6.07, 6.45) is 3.09. The molecule has 14 heavy (non-hydrogen) atoms. The molecule has 0 aliphatic heterocycles. The normalized spacial score (nSPS) is 13.3. The average Bonchev–Trinajstić information content (AvgIpc) is 2.57. The third-order valence-electron chi connectivity index (χ3n) is 1.98. The molecule has 2 rings (SSSR count). The second-order valence-corrected chi connectivity index (χ2v) is 3.35. The van der Waals surface area contributed by atoms with Crippen LogP contribution in [0.1, 0.15) is 6.92 Å². The lowest BCUT2D eigenvalue weighted by molar-refractivity contribution is 0.455. The maximum absolute atomic E-state index is 11.7. The number of aromatic nitrogens is 2. The van der Waals surface area contributed by atoms with Crippen molar-refractivity contribution in [2.75, 3.05) is 0 Å². The van der Waals surface area contributed by atoms with E-state index in [0.29, 0.717) is 17.5 Å². The van der Waals surface area contributed by atoms with Gasteiger partial charge in [0.1, 0.15) is 5.39 Å². The van der Waals surface area contributed by atoms with E-state index in [9.17, 15) is 4.79 Å². The van der Waals surface area contributed by atoms with E-state index in [1.165, 1.54) is 6.20 Å². The molecule has 2 aromatic heterocycles. The van der Waals surface area contributed by atoms with E-state index in [1.807, 2.05) is 6.92 Å². The van der Waals surface area contributed by atoms with Crippen LogP contribution in [0.25, 0.3) is 11.0 Å². The lowest BCUT2D eigenvalue weighted by Gasteiger charge is -2.07. The van der Waals surface area contributed by atoms with Gasteiger partial charge in [-0.05, 0) is 6.92 Å². The van der Waals surface area contributed by atoms with Crippen LogP contribution in [-0.2, 0) is 6.54 Å². The van der Waals surface area contributed by atoms with Crippen LogP contribution >= 0.6 is 0 Å². The average molecular weight is 193 g/mol. The van der Waals surface area contributed by atoms with E-state index in [1.54, 1.807) is 16.8 Å². The zero-order valence-corrected chi connectivity index (χ0v) is 7.80. The lowest BCUT2D eigenvalue weighted by Crippen LogP contribution is -2.29. The van der Waals surface area contributed by atoms with Crippen molar-refractivity contribution in [1.82, 2.24) is 9.72 Å². The number of rotatable bonds is 2. The molecule has 0 radical (unpaired) electrons. The number of nitrogens with two attached hydrogens (primary N) is 1. The monoisotopic (exact) mass is 193 g/mol. The van der Waals surface area contributed by atoms with Gasteiger partial charge in [-0.15, -0.1) is 0 Å². The number of hydrogen-bond acceptors (Lipinski definition) is 4. The molecule has 0 saturated carbocycles. The summed E-state index contributed by atoms with van der Waals surface area (Å²) in [7, 11) is 0. The summed E-state index contributed by atoms with van der Waals surface area (Å²) in [5, 5.41) is 4.06. The summed E-state index contributed by atoms with van der Waals surface area (Å²) >= 11 is 0. The second kappa shape index (κ2) is 3.26. The van der Waals surface area contributed by atoms with E-state index in [0.717, 1.165) is 0 Å². The van der Waals surface area contributed by atoms with Crippen molar-refractivity contribution in [2.45, 2.75) is 19.5 Å². The van der Waals surface area contributed by atoms with Crippen molar-refractivity contribution < 1.29 is 4.52 Å². The smallest absolute Gasteiger partial charge is 0.263 e. The molecule has 0 spiro atoms. The molecule has 0 aliphatic rings. The van der Waals surface area contributed by atoms with Gasteiger partial charge >= 0.3 is 0 Å². The highest BCUT2D eigenvalue weighted by atomic mass is 16.5. The fraction of sp³-hybridized carbons (Fsp3) is 0.333. The zero-order valence-electron chi connectivity index (χ0n) is 7.80. The summed E-state index contributed by atoms with van der Waals surface area (Å²) in [4.78, 5) is 11.7. The van der Waals surface area contributed by atoms with Crippen molar-refractivity contribution in [1.29, 1.82) is 0 Å². The van der Waals surface area contributed by atoms with Gasteiger partial charge in [-0.1, -0.05) is 5.16 Å². The Morgan fingerprint density at radius 2 is 2.50 bits per heavy atom. The summed E-state index contributed by atoms with van der Waals surface area (Å²) in [6.45, 7) is 2.35. The molecule has 0 aliphatic carbocycles. The Kier molecular flexibility index (Phi) is 2.09. The maximum Gasteiger partial charge on any atom is 0.263 e. The molecule has 0 aromatic carbocycles. The SMILES string of the molecule is CC(N)Cn1ccc2oncc2c1=O. The zero-order chi connectivity index (χ0) is 10.1. The van der Waals surface area contributed by atoms with E-state index < -0.39 is 0 Å². The highest BCUT2D eigenvalue weighted by molar-refractivity contribution is 5.74. The first-order valence-corrected chi connectivity index (χ1v) is 4.38. The van der Waals surface area contributed by atoms with Crippen LogP contribution in [0.15, 0.2) is 27.8 Å². The van der Waals surface area contributed by atoms with Gasteiger partial charge in [-0.3, -0.25) is 4.79 Å². The van der Waals surface area contributed by atoms with Crippen LogP contribution in [0.3, 0.4) is 0 Å². The van der Waals surface area contributed by atoms with Gasteiger partial charge < -0.3 is 14.8 Å². The van der Waals surface area contributed by atoms with Crippen LogP contribution in [0, 0.1) is 0 Å². The van der Waals surface area contributed by atoms with Crippen molar-refractivity contribution in [3.63, 3.8) is 0 Å². The minimum atomic E-state index is -0.110. The van der Waals surface area contributed by atoms with Crippen molar-refractivity contribution in [3.05, 3.63) is 28.8 Å². The molecule has 2 heterocycles. The van der Waals surface area contributed by atoms with Crippen LogP contribution in [0.4, 0.5) is 0 Å². The molecule has 0 bridgehead atoms. The molecular formula is C9H11N3O2. The van der Waals surface area contributed by atoms with Crippen LogP contribution in [0.5, 0.6) is 0 Å². The Hall–Kier alpha value is -1.62. The molecule has 5 heteroatoms. The summed E-state index contributed by atoms with van der Waals surface area (Å²) in [5.74, 6) is 0. The Morgan fingerprint density at radius 3 is 3.21 bits per heavy atom. The number of fused-ring (bicyclic) bond motifs is 1. The quantitative estimate of drug-likeness (QED) is 0.746. The van der Waals surface area contributed by atoms with Crippen molar-refractivity contribution >= 4 is 11.0 Å². The molecule has 2 aromatic rings. The number of pyridine rings is 1. The molecule has 1 atom stereocenters. The fourth-order valence-electron chi connectivity index (χ4n) is 1.36. The summed E-state index contributed by atoms with van der Waals surface area (Å²) in [6, 6.07) is 1.66. The molecule has 1 unspecified atom stereocenters. The van der Waals surface area contributed by atoms with Gasteiger partial charge in [0.15, 0.2) is 5.58 Å². The Balaban J connectivity index is 2.57. The van der Waals surface area contributed by atoms with Gasteiger partial charge in [0.05, 0.1) is 6.20 Å². The largest absolute Gasteiger partial charge is 0.356 e. The third-order valence-corrected chi connectivity index (χ3v) is 1.98. The second-order valence-electron chi connectivity index (χ2n) is 3.35. The predicted octanol–water partition coefficient (Wildman–Crippen LogP) is 0.337. The first kappa shape index (κ1) is 8.96. The molecular weight excluding hydrogens is 182 g/mol. The molecule has 74 valence electrons. The van der Waals surface area contributed by atoms with Gasteiger partial charge in [0.25, 0.3) is 5.56 Å². The molecule has 2 N–H and O–H groups in total.